The van der Waals surface area contributed by atoms with Gasteiger partial charge in [0.15, 0.2) is 0 Å². The van der Waals surface area contributed by atoms with Crippen LogP contribution in [0.4, 0.5) is 0 Å². The number of fused-ring (bicyclic) bond motifs is 1. The van der Waals surface area contributed by atoms with Crippen LogP contribution in [0.2, 0.25) is 0 Å². The molecule has 0 aliphatic heterocycles. The smallest absolute Gasteiger partial charge is 0.137 e. The first-order valence-corrected chi connectivity index (χ1v) is 5.89. The Hall–Kier alpha value is -1.96. The highest BCUT2D eigenvalue weighted by Gasteiger charge is 2.13. The first kappa shape index (κ1) is 10.2. The van der Waals surface area contributed by atoms with Crippen molar-refractivity contribution in [3.63, 3.8) is 0 Å². The molecular weight excluding hydrogens is 210 g/mol. The van der Waals surface area contributed by atoms with Crippen molar-refractivity contribution in [1.29, 1.82) is 0 Å². The van der Waals surface area contributed by atoms with Gasteiger partial charge < -0.3 is 0 Å². The van der Waals surface area contributed by atoms with Crippen molar-refractivity contribution in [3.8, 4) is 0 Å². The van der Waals surface area contributed by atoms with Gasteiger partial charge in [0.1, 0.15) is 5.78 Å². The van der Waals surface area contributed by atoms with Crippen LogP contribution in [0, 0.1) is 0 Å². The number of benzene rings is 1. The molecule has 0 spiro atoms. The van der Waals surface area contributed by atoms with Gasteiger partial charge in [-0.25, -0.2) is 0 Å². The van der Waals surface area contributed by atoms with E-state index in [1.165, 1.54) is 16.5 Å². The average Bonchev–Trinajstić information content (AvgIpc) is 2.39. The third kappa shape index (κ3) is 1.86. The van der Waals surface area contributed by atoms with E-state index >= 15 is 0 Å². The van der Waals surface area contributed by atoms with Crippen molar-refractivity contribution < 1.29 is 4.79 Å². The van der Waals surface area contributed by atoms with Gasteiger partial charge in [0.05, 0.1) is 5.52 Å². The molecule has 1 heterocycles. The van der Waals surface area contributed by atoms with E-state index in [2.05, 4.69) is 17.1 Å². The summed E-state index contributed by atoms with van der Waals surface area (Å²) < 4.78 is 0. The van der Waals surface area contributed by atoms with Crippen molar-refractivity contribution in [1.82, 2.24) is 4.98 Å². The van der Waals surface area contributed by atoms with E-state index in [9.17, 15) is 4.79 Å². The Morgan fingerprint density at radius 3 is 2.76 bits per heavy atom. The summed E-state index contributed by atoms with van der Waals surface area (Å²) in [5.41, 5.74) is 3.52. The Balaban J connectivity index is 2.14. The van der Waals surface area contributed by atoms with Crippen LogP contribution in [0.1, 0.15) is 24.8 Å². The molecule has 1 aliphatic rings. The fraction of sp³-hybridized carbons (Fsp3) is 0.200. The van der Waals surface area contributed by atoms with Crippen LogP contribution in [-0.2, 0) is 4.79 Å². The van der Waals surface area contributed by atoms with Crippen LogP contribution in [-0.4, -0.2) is 10.8 Å². The van der Waals surface area contributed by atoms with Crippen molar-refractivity contribution in [2.24, 2.45) is 0 Å². The molecule has 1 aromatic carbocycles. The minimum Gasteiger partial charge on any atom is -0.299 e. The van der Waals surface area contributed by atoms with Crippen LogP contribution in [0.25, 0.3) is 16.5 Å². The van der Waals surface area contributed by atoms with Gasteiger partial charge in [-0.15, -0.1) is 0 Å². The summed E-state index contributed by atoms with van der Waals surface area (Å²) in [4.78, 5) is 15.6. The third-order valence-electron chi connectivity index (χ3n) is 3.24. The summed E-state index contributed by atoms with van der Waals surface area (Å²) in [5, 5.41) is 1.18. The molecule has 0 radical (unpaired) electrons. The van der Waals surface area contributed by atoms with E-state index in [-0.39, 0.29) is 0 Å². The average molecular weight is 223 g/mol. The summed E-state index contributed by atoms with van der Waals surface area (Å²) >= 11 is 0. The van der Waals surface area contributed by atoms with Crippen molar-refractivity contribution in [3.05, 3.63) is 48.2 Å². The van der Waals surface area contributed by atoms with E-state index in [0.717, 1.165) is 11.9 Å². The van der Waals surface area contributed by atoms with Crippen LogP contribution in [0.5, 0.6) is 0 Å². The minimum absolute atomic E-state index is 0.340. The van der Waals surface area contributed by atoms with Crippen molar-refractivity contribution in [2.45, 2.75) is 19.3 Å². The van der Waals surface area contributed by atoms with Gasteiger partial charge in [0.2, 0.25) is 0 Å². The molecule has 2 heteroatoms. The molecule has 0 saturated carbocycles. The number of hydrogen-bond acceptors (Lipinski definition) is 2. The predicted molar refractivity (Wildman–Crippen MR) is 68.6 cm³/mol. The summed E-state index contributed by atoms with van der Waals surface area (Å²) in [6, 6.07) is 10.2. The number of para-hydroxylation sites is 1. The number of nitrogens with zero attached hydrogens (tertiary/aromatic N) is 1. The standard InChI is InChI=1S/C15H13NO/c17-12-7-5-11(6-8-12)13-9-10-16-15-4-2-1-3-14(13)15/h1-5,9-10H,6-8H2. The van der Waals surface area contributed by atoms with Gasteiger partial charge in [-0.2, -0.15) is 0 Å². The Labute approximate surface area is 100.0 Å². The molecule has 3 rings (SSSR count). The molecule has 17 heavy (non-hydrogen) atoms. The molecule has 0 bridgehead atoms. The number of pyridine rings is 1. The van der Waals surface area contributed by atoms with Gasteiger partial charge >= 0.3 is 0 Å². The highest BCUT2D eigenvalue weighted by molar-refractivity contribution is 5.94. The lowest BCUT2D eigenvalue weighted by Crippen LogP contribution is -2.03. The Morgan fingerprint density at radius 1 is 1.06 bits per heavy atom. The predicted octanol–water partition coefficient (Wildman–Crippen LogP) is 3.37. The first-order valence-electron chi connectivity index (χ1n) is 5.89. The van der Waals surface area contributed by atoms with Gasteiger partial charge in [-0.05, 0) is 29.7 Å². The van der Waals surface area contributed by atoms with Gasteiger partial charge in [-0.1, -0.05) is 24.3 Å². The number of carbonyl (C=O) groups excluding carboxylic acids is 1. The lowest BCUT2D eigenvalue weighted by molar-refractivity contribution is -0.118. The van der Waals surface area contributed by atoms with Gasteiger partial charge in [0.25, 0.3) is 0 Å². The Kier molecular flexibility index (Phi) is 2.48. The number of ketones is 1. The summed E-state index contributed by atoms with van der Waals surface area (Å²) in [6.07, 6.45) is 6.00. The Morgan fingerprint density at radius 2 is 1.94 bits per heavy atom. The Bertz CT molecular complexity index is 608. The largest absolute Gasteiger partial charge is 0.299 e. The van der Waals surface area contributed by atoms with Gasteiger partial charge in [-0.3, -0.25) is 9.78 Å². The van der Waals surface area contributed by atoms with Gasteiger partial charge in [0, 0.05) is 24.4 Å². The number of allylic oxidation sites excluding steroid dienone is 2. The normalized spacial score (nSPS) is 16.0. The fourth-order valence-electron chi connectivity index (χ4n) is 2.34. The summed E-state index contributed by atoms with van der Waals surface area (Å²) in [6.45, 7) is 0. The molecule has 1 aliphatic carbocycles. The highest BCUT2D eigenvalue weighted by Crippen LogP contribution is 2.29. The first-order chi connectivity index (χ1) is 8.34. The molecule has 84 valence electrons. The molecule has 1 aromatic heterocycles. The zero-order chi connectivity index (χ0) is 11.7. The van der Waals surface area contributed by atoms with Crippen LogP contribution in [0.15, 0.2) is 42.6 Å². The van der Waals surface area contributed by atoms with E-state index in [1.54, 1.807) is 0 Å². The molecule has 0 fully saturated rings. The summed E-state index contributed by atoms with van der Waals surface area (Å²) in [5.74, 6) is 0.340. The molecule has 0 N–H and O–H groups in total. The molecule has 0 amide bonds. The maximum absolute atomic E-state index is 11.2. The second-order valence-electron chi connectivity index (χ2n) is 4.35. The maximum Gasteiger partial charge on any atom is 0.137 e. The zero-order valence-electron chi connectivity index (χ0n) is 9.52. The van der Waals surface area contributed by atoms with E-state index in [0.29, 0.717) is 18.6 Å². The van der Waals surface area contributed by atoms with Crippen molar-refractivity contribution in [2.75, 3.05) is 0 Å². The monoisotopic (exact) mass is 223 g/mol. The lowest BCUT2D eigenvalue weighted by atomic mass is 9.91. The molecule has 0 unspecified atom stereocenters. The minimum atomic E-state index is 0.340. The van der Waals surface area contributed by atoms with Crippen LogP contribution in [0.3, 0.4) is 0 Å². The molecule has 2 nitrogen and oxygen atoms in total. The van der Waals surface area contributed by atoms with E-state index < -0.39 is 0 Å². The number of hydrogen-bond donors (Lipinski definition) is 0. The molecule has 0 saturated heterocycles. The SMILES string of the molecule is O=C1CC=C(c2ccnc3ccccc23)CC1. The zero-order valence-corrected chi connectivity index (χ0v) is 9.52. The summed E-state index contributed by atoms with van der Waals surface area (Å²) in [7, 11) is 0. The fourth-order valence-corrected chi connectivity index (χ4v) is 2.34. The lowest BCUT2D eigenvalue weighted by Gasteiger charge is -2.14. The molecular formula is C15H13NO. The second-order valence-corrected chi connectivity index (χ2v) is 4.35. The molecule has 0 atom stereocenters. The van der Waals surface area contributed by atoms with E-state index in [4.69, 9.17) is 0 Å². The molecule has 2 aromatic rings. The number of aromatic nitrogens is 1. The highest BCUT2D eigenvalue weighted by atomic mass is 16.1. The third-order valence-corrected chi connectivity index (χ3v) is 3.24. The number of Topliss-reactive ketones (excluding diaryl/α,β-unsaturated/α-hetero) is 1. The van der Waals surface area contributed by atoms with E-state index in [1.807, 2.05) is 30.5 Å². The topological polar surface area (TPSA) is 30.0 Å². The number of carbonyl (C=O) groups is 1. The van der Waals surface area contributed by atoms with Crippen LogP contribution >= 0.6 is 0 Å². The van der Waals surface area contributed by atoms with Crippen molar-refractivity contribution >= 4 is 22.3 Å². The quantitative estimate of drug-likeness (QED) is 0.741. The van der Waals surface area contributed by atoms with Crippen LogP contribution < -0.4 is 0 Å². The second kappa shape index (κ2) is 4.13. The maximum atomic E-state index is 11.2. The number of rotatable bonds is 1.